The van der Waals surface area contributed by atoms with Gasteiger partial charge >= 0.3 is 5.97 Å². The van der Waals surface area contributed by atoms with E-state index >= 15 is 0 Å². The maximum atomic E-state index is 12.7. The molecule has 8 heteroatoms. The minimum atomic E-state index is -2.71. The van der Waals surface area contributed by atoms with Gasteiger partial charge in [0.15, 0.2) is 6.10 Å². The van der Waals surface area contributed by atoms with Gasteiger partial charge in [-0.3, -0.25) is 4.79 Å². The molecule has 0 aliphatic carbocycles. The molecule has 3 rings (SSSR count). The topological polar surface area (TPSA) is 59.5 Å². The van der Waals surface area contributed by atoms with E-state index in [-0.39, 0.29) is 28.3 Å². The molecule has 1 aromatic carbocycles. The SMILES string of the molecule is CC(OC(=O)c1cccnc1SC(F)F)C(=O)N1CCC(Cc2ccccc2)CC1. The maximum Gasteiger partial charge on any atom is 0.341 e. The van der Waals surface area contributed by atoms with Gasteiger partial charge in [-0.15, -0.1) is 0 Å². The van der Waals surface area contributed by atoms with Gasteiger partial charge in [0.1, 0.15) is 5.03 Å². The van der Waals surface area contributed by atoms with E-state index in [1.807, 2.05) is 18.2 Å². The van der Waals surface area contributed by atoms with Crippen molar-refractivity contribution in [1.29, 1.82) is 0 Å². The van der Waals surface area contributed by atoms with E-state index in [1.54, 1.807) is 4.90 Å². The fourth-order valence-corrected chi connectivity index (χ4v) is 4.13. The Hall–Kier alpha value is -2.48. The highest BCUT2D eigenvalue weighted by Crippen LogP contribution is 2.27. The number of carbonyl (C=O) groups excluding carboxylic acids is 2. The number of aromatic nitrogens is 1. The number of ether oxygens (including phenoxy) is 1. The third kappa shape index (κ3) is 6.01. The Kier molecular flexibility index (Phi) is 7.79. The summed E-state index contributed by atoms with van der Waals surface area (Å²) in [5.41, 5.74) is 1.22. The Bertz CT molecular complexity index is 858. The molecule has 1 aliphatic heterocycles. The Morgan fingerprint density at radius 3 is 2.53 bits per heavy atom. The van der Waals surface area contributed by atoms with E-state index < -0.39 is 17.8 Å². The minimum Gasteiger partial charge on any atom is -0.449 e. The van der Waals surface area contributed by atoms with Gasteiger partial charge < -0.3 is 9.64 Å². The van der Waals surface area contributed by atoms with Crippen molar-refractivity contribution in [2.75, 3.05) is 13.1 Å². The van der Waals surface area contributed by atoms with Crippen LogP contribution in [0.25, 0.3) is 0 Å². The summed E-state index contributed by atoms with van der Waals surface area (Å²) in [6, 6.07) is 13.1. The fourth-order valence-electron chi connectivity index (χ4n) is 3.56. The van der Waals surface area contributed by atoms with Gasteiger partial charge in [0, 0.05) is 19.3 Å². The predicted molar refractivity (Wildman–Crippen MR) is 110 cm³/mol. The van der Waals surface area contributed by atoms with Crippen molar-refractivity contribution in [3.63, 3.8) is 0 Å². The molecule has 0 bridgehead atoms. The van der Waals surface area contributed by atoms with Crippen LogP contribution in [0.1, 0.15) is 35.7 Å². The lowest BCUT2D eigenvalue weighted by atomic mass is 9.90. The molecule has 1 fully saturated rings. The molecule has 0 saturated carbocycles. The van der Waals surface area contributed by atoms with Crippen molar-refractivity contribution in [2.24, 2.45) is 5.92 Å². The number of alkyl halides is 2. The lowest BCUT2D eigenvalue weighted by Gasteiger charge is -2.33. The number of nitrogens with zero attached hydrogens (tertiary/aromatic N) is 2. The molecular formula is C22H24F2N2O3S. The number of carbonyl (C=O) groups is 2. The number of hydrogen-bond donors (Lipinski definition) is 0. The molecule has 2 heterocycles. The zero-order chi connectivity index (χ0) is 21.5. The molecule has 1 amide bonds. The summed E-state index contributed by atoms with van der Waals surface area (Å²) in [6.07, 6.45) is 3.10. The van der Waals surface area contributed by atoms with Crippen molar-refractivity contribution in [1.82, 2.24) is 9.88 Å². The zero-order valence-electron chi connectivity index (χ0n) is 16.7. The average Bonchev–Trinajstić information content (AvgIpc) is 2.74. The van der Waals surface area contributed by atoms with E-state index in [0.717, 1.165) is 19.3 Å². The molecular weight excluding hydrogens is 410 g/mol. The van der Waals surface area contributed by atoms with Crippen LogP contribution in [-0.4, -0.2) is 46.7 Å². The van der Waals surface area contributed by atoms with Crippen LogP contribution in [0.15, 0.2) is 53.7 Å². The summed E-state index contributed by atoms with van der Waals surface area (Å²) in [5.74, 6) is -3.29. The second-order valence-electron chi connectivity index (χ2n) is 7.24. The van der Waals surface area contributed by atoms with Gasteiger partial charge in [0.25, 0.3) is 11.7 Å². The van der Waals surface area contributed by atoms with Crippen molar-refractivity contribution in [2.45, 2.75) is 43.1 Å². The average molecular weight is 435 g/mol. The summed E-state index contributed by atoms with van der Waals surface area (Å²) in [4.78, 5) is 30.6. The number of rotatable bonds is 7. The smallest absolute Gasteiger partial charge is 0.341 e. The minimum absolute atomic E-state index is 0.0657. The second-order valence-corrected chi connectivity index (χ2v) is 8.22. The Labute approximate surface area is 178 Å². The first-order chi connectivity index (χ1) is 14.4. The maximum absolute atomic E-state index is 12.7. The number of likely N-dealkylation sites (tertiary alicyclic amines) is 1. The van der Waals surface area contributed by atoms with Crippen molar-refractivity contribution >= 4 is 23.6 Å². The van der Waals surface area contributed by atoms with E-state index in [0.29, 0.717) is 19.0 Å². The van der Waals surface area contributed by atoms with E-state index in [4.69, 9.17) is 4.74 Å². The fraction of sp³-hybridized carbons (Fsp3) is 0.409. The summed E-state index contributed by atoms with van der Waals surface area (Å²) < 4.78 is 30.6. The number of hydrogen-bond acceptors (Lipinski definition) is 5. The van der Waals surface area contributed by atoms with Crippen LogP contribution < -0.4 is 0 Å². The molecule has 2 aromatic rings. The molecule has 1 atom stereocenters. The number of benzene rings is 1. The van der Waals surface area contributed by atoms with Gasteiger partial charge in [-0.2, -0.15) is 8.78 Å². The van der Waals surface area contributed by atoms with Gasteiger partial charge in [-0.1, -0.05) is 30.3 Å². The quantitative estimate of drug-likeness (QED) is 0.477. The number of amides is 1. The summed E-state index contributed by atoms with van der Waals surface area (Å²) in [7, 11) is 0. The first-order valence-electron chi connectivity index (χ1n) is 9.87. The molecule has 1 aliphatic rings. The highest BCUT2D eigenvalue weighted by molar-refractivity contribution is 7.99. The number of esters is 1. The third-order valence-corrected chi connectivity index (χ3v) is 5.84. The van der Waals surface area contributed by atoms with Crippen molar-refractivity contribution in [3.8, 4) is 0 Å². The summed E-state index contributed by atoms with van der Waals surface area (Å²) in [5, 5.41) is -0.112. The number of piperidine rings is 1. The normalized spacial score (nSPS) is 15.8. The number of thioether (sulfide) groups is 1. The zero-order valence-corrected chi connectivity index (χ0v) is 17.5. The standard InChI is InChI=1S/C22H24F2N2O3S/c1-15(29-21(28)18-8-5-11-25-19(18)30-22(23)24)20(27)26-12-9-17(10-13-26)14-16-6-3-2-4-7-16/h2-8,11,15,17,22H,9-10,12-14H2,1H3. The van der Waals surface area contributed by atoms with Gasteiger partial charge in [-0.25, -0.2) is 9.78 Å². The molecule has 1 unspecified atom stereocenters. The Morgan fingerprint density at radius 2 is 1.87 bits per heavy atom. The van der Waals surface area contributed by atoms with Crippen LogP contribution in [-0.2, 0) is 16.0 Å². The van der Waals surface area contributed by atoms with Crippen LogP contribution in [0.3, 0.4) is 0 Å². The summed E-state index contributed by atoms with van der Waals surface area (Å²) in [6.45, 7) is 2.72. The number of halogens is 2. The van der Waals surface area contributed by atoms with Crippen LogP contribution in [0.2, 0.25) is 0 Å². The molecule has 160 valence electrons. The monoisotopic (exact) mass is 434 g/mol. The van der Waals surface area contributed by atoms with Crippen molar-refractivity contribution in [3.05, 3.63) is 59.8 Å². The highest BCUT2D eigenvalue weighted by Gasteiger charge is 2.29. The number of pyridine rings is 1. The van der Waals surface area contributed by atoms with Crippen LogP contribution >= 0.6 is 11.8 Å². The van der Waals surface area contributed by atoms with Crippen molar-refractivity contribution < 1.29 is 23.1 Å². The van der Waals surface area contributed by atoms with Crippen LogP contribution in [0.5, 0.6) is 0 Å². The first-order valence-corrected chi connectivity index (χ1v) is 10.8. The predicted octanol–water partition coefficient (Wildman–Crippen LogP) is 4.42. The Morgan fingerprint density at radius 1 is 1.17 bits per heavy atom. The van der Waals surface area contributed by atoms with Crippen LogP contribution in [0.4, 0.5) is 8.78 Å². The third-order valence-electron chi connectivity index (χ3n) is 5.12. The second kappa shape index (κ2) is 10.5. The molecule has 5 nitrogen and oxygen atoms in total. The summed E-state index contributed by atoms with van der Waals surface area (Å²) >= 11 is 0.177. The molecule has 1 saturated heterocycles. The molecule has 0 N–H and O–H groups in total. The largest absolute Gasteiger partial charge is 0.449 e. The van der Waals surface area contributed by atoms with E-state index in [2.05, 4.69) is 17.1 Å². The van der Waals surface area contributed by atoms with Gasteiger partial charge in [-0.05, 0) is 61.6 Å². The lowest BCUT2D eigenvalue weighted by molar-refractivity contribution is -0.141. The van der Waals surface area contributed by atoms with E-state index in [1.165, 1.54) is 30.8 Å². The molecule has 1 aromatic heterocycles. The van der Waals surface area contributed by atoms with E-state index in [9.17, 15) is 18.4 Å². The van der Waals surface area contributed by atoms with Gasteiger partial charge in [0.05, 0.1) is 5.56 Å². The molecule has 0 radical (unpaired) electrons. The lowest BCUT2D eigenvalue weighted by Crippen LogP contribution is -2.44. The first kappa shape index (κ1) is 22.2. The van der Waals surface area contributed by atoms with Crippen LogP contribution in [0, 0.1) is 5.92 Å². The Balaban J connectivity index is 1.52. The molecule has 0 spiro atoms. The molecule has 30 heavy (non-hydrogen) atoms. The highest BCUT2D eigenvalue weighted by atomic mass is 32.2. The van der Waals surface area contributed by atoms with Gasteiger partial charge in [0.2, 0.25) is 0 Å².